The summed E-state index contributed by atoms with van der Waals surface area (Å²) in [6, 6.07) is 0. The highest BCUT2D eigenvalue weighted by Gasteiger charge is 2.02. The van der Waals surface area contributed by atoms with Crippen molar-refractivity contribution in [3.63, 3.8) is 0 Å². The topological polar surface area (TPSA) is 0 Å². The predicted octanol–water partition coefficient (Wildman–Crippen LogP) is 1.93. The lowest BCUT2D eigenvalue weighted by Crippen LogP contribution is -1.95. The van der Waals surface area contributed by atoms with Crippen LogP contribution in [0.25, 0.3) is 0 Å². The lowest BCUT2D eigenvalue weighted by molar-refractivity contribution is 0.645. The molecule has 1 atom stereocenters. The molecule has 0 spiro atoms. The molecule has 1 aliphatic carbocycles. The van der Waals surface area contributed by atoms with E-state index >= 15 is 0 Å². The Hall–Kier alpha value is -0.700. The van der Waals surface area contributed by atoms with Crippen molar-refractivity contribution < 1.29 is 0 Å². The maximum Gasteiger partial charge on any atom is 0.0392 e. The van der Waals surface area contributed by atoms with Crippen molar-refractivity contribution in [2.24, 2.45) is 5.92 Å². The molecule has 8 heavy (non-hydrogen) atoms. The molecule has 0 saturated carbocycles. The molecule has 0 bridgehead atoms. The second-order valence-electron chi connectivity index (χ2n) is 2.11. The van der Waals surface area contributed by atoms with E-state index in [1.807, 2.05) is 0 Å². The maximum absolute atomic E-state index is 6.80. The van der Waals surface area contributed by atoms with E-state index in [4.69, 9.17) is 6.42 Å². The third kappa shape index (κ3) is 1.13. The molecule has 0 fully saturated rings. The molecule has 1 rings (SSSR count). The fourth-order valence-corrected chi connectivity index (χ4v) is 0.933. The van der Waals surface area contributed by atoms with E-state index in [0.29, 0.717) is 5.92 Å². The number of hydrogen-bond donors (Lipinski definition) is 0. The standard InChI is InChI=1S/C8H9/c1-2-8-6-4-3-5-7-8/h4,6,8H,3,5,7H2. The minimum atomic E-state index is 0.323. The van der Waals surface area contributed by atoms with Gasteiger partial charge in [0.2, 0.25) is 0 Å². The second-order valence-corrected chi connectivity index (χ2v) is 2.11. The zero-order chi connectivity index (χ0) is 5.82. The van der Waals surface area contributed by atoms with E-state index < -0.39 is 0 Å². The van der Waals surface area contributed by atoms with Crippen LogP contribution in [0, 0.1) is 18.3 Å². The minimum absolute atomic E-state index is 0.323. The van der Waals surface area contributed by atoms with Crippen LogP contribution in [0.5, 0.6) is 0 Å². The summed E-state index contributed by atoms with van der Waals surface area (Å²) in [5, 5.41) is 0. The van der Waals surface area contributed by atoms with E-state index in [0.717, 1.165) is 6.42 Å². The summed E-state index contributed by atoms with van der Waals surface area (Å²) in [7, 11) is 0. The van der Waals surface area contributed by atoms with Gasteiger partial charge in [0.15, 0.2) is 0 Å². The first kappa shape index (κ1) is 5.44. The van der Waals surface area contributed by atoms with Crippen LogP contribution >= 0.6 is 0 Å². The summed E-state index contributed by atoms with van der Waals surface area (Å²) in [5.41, 5.74) is 0. The smallest absolute Gasteiger partial charge is 0.0392 e. The molecular formula is C8H9. The summed E-state index contributed by atoms with van der Waals surface area (Å²) >= 11 is 0. The monoisotopic (exact) mass is 105 g/mol. The highest BCUT2D eigenvalue weighted by molar-refractivity contribution is 5.04. The maximum atomic E-state index is 6.80. The van der Waals surface area contributed by atoms with Crippen molar-refractivity contribution in [2.75, 3.05) is 0 Å². The molecule has 0 aromatic rings. The summed E-state index contributed by atoms with van der Waals surface area (Å²) in [5.74, 6) is 2.79. The first-order valence-corrected chi connectivity index (χ1v) is 3.02. The first-order valence-electron chi connectivity index (χ1n) is 3.02. The molecule has 0 nitrogen and oxygen atoms in total. The highest BCUT2D eigenvalue weighted by atomic mass is 14.1. The van der Waals surface area contributed by atoms with Gasteiger partial charge < -0.3 is 0 Å². The van der Waals surface area contributed by atoms with Gasteiger partial charge in [0.05, 0.1) is 0 Å². The molecule has 0 heterocycles. The molecule has 41 valence electrons. The van der Waals surface area contributed by atoms with Crippen molar-refractivity contribution in [3.8, 4) is 5.92 Å². The zero-order valence-electron chi connectivity index (χ0n) is 4.85. The summed E-state index contributed by atoms with van der Waals surface area (Å²) < 4.78 is 0. The second kappa shape index (κ2) is 2.57. The van der Waals surface area contributed by atoms with Crippen LogP contribution in [0.15, 0.2) is 12.2 Å². The van der Waals surface area contributed by atoms with E-state index in [1.54, 1.807) is 0 Å². The van der Waals surface area contributed by atoms with Gasteiger partial charge in [-0.2, -0.15) is 0 Å². The Labute approximate surface area is 50.6 Å². The molecule has 0 aliphatic heterocycles. The molecule has 0 amide bonds. The molecule has 0 N–H and O–H groups in total. The lowest BCUT2D eigenvalue weighted by Gasteiger charge is -2.07. The Balaban J connectivity index is 2.46. The predicted molar refractivity (Wildman–Crippen MR) is 33.6 cm³/mol. The van der Waals surface area contributed by atoms with Crippen LogP contribution in [-0.2, 0) is 0 Å². The van der Waals surface area contributed by atoms with Gasteiger partial charge in [-0.15, -0.1) is 0 Å². The van der Waals surface area contributed by atoms with Gasteiger partial charge in [-0.3, -0.25) is 0 Å². The summed E-state index contributed by atoms with van der Waals surface area (Å²) in [4.78, 5) is 0. The van der Waals surface area contributed by atoms with Crippen LogP contribution in [0.4, 0.5) is 0 Å². The summed E-state index contributed by atoms with van der Waals surface area (Å²) in [6.07, 6.45) is 14.5. The zero-order valence-corrected chi connectivity index (χ0v) is 4.85. The Bertz CT molecular complexity index is 125. The average Bonchev–Trinajstić information content (AvgIpc) is 1.90. The fraction of sp³-hybridized carbons (Fsp3) is 0.500. The van der Waals surface area contributed by atoms with Crippen molar-refractivity contribution in [1.29, 1.82) is 0 Å². The summed E-state index contributed by atoms with van der Waals surface area (Å²) in [6.45, 7) is 0. The molecule has 1 aliphatic rings. The SMILES string of the molecule is [C]#CC1C=CCCC1. The minimum Gasteiger partial charge on any atom is -0.0873 e. The molecule has 1 radical (unpaired) electrons. The Kier molecular flexibility index (Phi) is 1.75. The van der Waals surface area contributed by atoms with Crippen LogP contribution in [0.3, 0.4) is 0 Å². The molecule has 0 saturated heterocycles. The molecule has 0 heteroatoms. The highest BCUT2D eigenvalue weighted by Crippen LogP contribution is 2.14. The van der Waals surface area contributed by atoms with Crippen LogP contribution < -0.4 is 0 Å². The fourth-order valence-electron chi connectivity index (χ4n) is 0.933. The van der Waals surface area contributed by atoms with Gasteiger partial charge in [-0.05, 0) is 25.7 Å². The first-order chi connectivity index (χ1) is 3.93. The largest absolute Gasteiger partial charge is 0.0873 e. The van der Waals surface area contributed by atoms with Gasteiger partial charge in [0, 0.05) is 5.92 Å². The molecule has 1 unspecified atom stereocenters. The Morgan fingerprint density at radius 1 is 1.62 bits per heavy atom. The third-order valence-electron chi connectivity index (χ3n) is 1.44. The third-order valence-corrected chi connectivity index (χ3v) is 1.44. The van der Waals surface area contributed by atoms with E-state index in [2.05, 4.69) is 18.1 Å². The van der Waals surface area contributed by atoms with Crippen LogP contribution in [-0.4, -0.2) is 0 Å². The van der Waals surface area contributed by atoms with Crippen LogP contribution in [0.2, 0.25) is 0 Å². The van der Waals surface area contributed by atoms with Gasteiger partial charge in [-0.25, -0.2) is 0 Å². The van der Waals surface area contributed by atoms with Crippen molar-refractivity contribution >= 4 is 0 Å². The van der Waals surface area contributed by atoms with Crippen molar-refractivity contribution in [1.82, 2.24) is 0 Å². The van der Waals surface area contributed by atoms with Gasteiger partial charge >= 0.3 is 0 Å². The normalized spacial score (nSPS) is 27.1. The average molecular weight is 105 g/mol. The lowest BCUT2D eigenvalue weighted by atomic mass is 9.97. The van der Waals surface area contributed by atoms with E-state index in [-0.39, 0.29) is 0 Å². The van der Waals surface area contributed by atoms with Gasteiger partial charge in [0.25, 0.3) is 0 Å². The molecule has 0 aromatic carbocycles. The van der Waals surface area contributed by atoms with Crippen LogP contribution in [0.1, 0.15) is 19.3 Å². The van der Waals surface area contributed by atoms with Crippen molar-refractivity contribution in [2.45, 2.75) is 19.3 Å². The molecular weight excluding hydrogens is 96.1 g/mol. The van der Waals surface area contributed by atoms with Crippen molar-refractivity contribution in [3.05, 3.63) is 18.6 Å². The molecule has 0 aromatic heterocycles. The van der Waals surface area contributed by atoms with E-state index in [1.165, 1.54) is 12.8 Å². The quantitative estimate of drug-likeness (QED) is 0.326. The van der Waals surface area contributed by atoms with E-state index in [9.17, 15) is 0 Å². The number of allylic oxidation sites excluding steroid dienone is 2. The van der Waals surface area contributed by atoms with Gasteiger partial charge in [0.1, 0.15) is 0 Å². The number of hydrogen-bond acceptors (Lipinski definition) is 0. The Morgan fingerprint density at radius 2 is 2.50 bits per heavy atom. The number of rotatable bonds is 0. The Morgan fingerprint density at radius 3 is 2.88 bits per heavy atom. The van der Waals surface area contributed by atoms with Gasteiger partial charge in [-0.1, -0.05) is 18.1 Å².